The number of nitrogens with zero attached hydrogens (tertiary/aromatic N) is 1. The van der Waals surface area contributed by atoms with E-state index in [-0.39, 0.29) is 11.3 Å². The van der Waals surface area contributed by atoms with Crippen LogP contribution in [0.2, 0.25) is 0 Å². The average Bonchev–Trinajstić information content (AvgIpc) is 2.38. The molecule has 0 atom stereocenters. The molecule has 0 N–H and O–H groups in total. The first-order chi connectivity index (χ1) is 8.60. The number of hydrogen-bond donors (Lipinski definition) is 0. The van der Waals surface area contributed by atoms with Gasteiger partial charge in [0.1, 0.15) is 0 Å². The minimum absolute atomic E-state index is 0.105. The van der Waals surface area contributed by atoms with Crippen molar-refractivity contribution in [3.8, 4) is 11.8 Å². The van der Waals surface area contributed by atoms with Gasteiger partial charge in [-0.1, -0.05) is 27.8 Å². The predicted molar refractivity (Wildman–Crippen MR) is 69.7 cm³/mol. The molecule has 0 aromatic heterocycles. The molecule has 0 saturated heterocycles. The molecular weight excluding hydrogens is 302 g/mol. The molecule has 1 aromatic carbocycles. The number of nitro benzene ring substituents is 1. The molecule has 94 valence electrons. The van der Waals surface area contributed by atoms with E-state index >= 15 is 0 Å². The molecule has 0 fully saturated rings. The summed E-state index contributed by atoms with van der Waals surface area (Å²) in [6.07, 6.45) is 0.623. The molecule has 0 amide bonds. The van der Waals surface area contributed by atoms with Crippen molar-refractivity contribution in [3.63, 3.8) is 0 Å². The van der Waals surface area contributed by atoms with Crippen LogP contribution in [0.1, 0.15) is 22.3 Å². The van der Waals surface area contributed by atoms with E-state index in [2.05, 4.69) is 32.5 Å². The first kappa shape index (κ1) is 14.2. The van der Waals surface area contributed by atoms with Gasteiger partial charge >= 0.3 is 5.97 Å². The van der Waals surface area contributed by atoms with Crippen molar-refractivity contribution in [2.45, 2.75) is 6.42 Å². The van der Waals surface area contributed by atoms with Crippen molar-refractivity contribution in [3.05, 3.63) is 39.4 Å². The lowest BCUT2D eigenvalue weighted by Gasteiger charge is -2.02. The maximum Gasteiger partial charge on any atom is 0.339 e. The molecule has 0 heterocycles. The minimum Gasteiger partial charge on any atom is -0.465 e. The highest BCUT2D eigenvalue weighted by molar-refractivity contribution is 9.09. The molecule has 0 spiro atoms. The van der Waals surface area contributed by atoms with Crippen molar-refractivity contribution in [1.82, 2.24) is 0 Å². The van der Waals surface area contributed by atoms with Crippen LogP contribution in [0, 0.1) is 22.0 Å². The first-order valence-electron chi connectivity index (χ1n) is 5.01. The average molecular weight is 312 g/mol. The molecule has 0 aliphatic heterocycles. The van der Waals surface area contributed by atoms with Crippen molar-refractivity contribution in [1.29, 1.82) is 0 Å². The summed E-state index contributed by atoms with van der Waals surface area (Å²) in [5, 5.41) is 11.4. The molecular formula is C12H10BrNO4. The van der Waals surface area contributed by atoms with Gasteiger partial charge in [0.25, 0.3) is 5.69 Å². The SMILES string of the molecule is COC(=O)c1cc([N+](=O)[O-])ccc1C#CCCBr. The monoisotopic (exact) mass is 311 g/mol. The summed E-state index contributed by atoms with van der Waals surface area (Å²) in [4.78, 5) is 21.6. The van der Waals surface area contributed by atoms with Crippen LogP contribution in [-0.4, -0.2) is 23.3 Å². The Morgan fingerprint density at radius 1 is 1.56 bits per heavy atom. The number of rotatable bonds is 3. The lowest BCUT2D eigenvalue weighted by atomic mass is 10.1. The lowest BCUT2D eigenvalue weighted by molar-refractivity contribution is -0.384. The molecule has 0 unspecified atom stereocenters. The van der Waals surface area contributed by atoms with Crippen LogP contribution in [0.4, 0.5) is 5.69 Å². The number of carbonyl (C=O) groups excluding carboxylic acids is 1. The fourth-order valence-electron chi connectivity index (χ4n) is 1.24. The Morgan fingerprint density at radius 2 is 2.28 bits per heavy atom. The Labute approximate surface area is 112 Å². The van der Waals surface area contributed by atoms with Gasteiger partial charge < -0.3 is 4.74 Å². The first-order valence-corrected chi connectivity index (χ1v) is 6.14. The summed E-state index contributed by atoms with van der Waals surface area (Å²) in [5.41, 5.74) is 0.364. The minimum atomic E-state index is -0.637. The zero-order chi connectivity index (χ0) is 13.5. The third-order valence-electron chi connectivity index (χ3n) is 2.06. The summed E-state index contributed by atoms with van der Waals surface area (Å²) < 4.78 is 4.58. The van der Waals surface area contributed by atoms with E-state index in [4.69, 9.17) is 0 Å². The van der Waals surface area contributed by atoms with Gasteiger partial charge in [0.05, 0.1) is 17.6 Å². The molecule has 5 nitrogen and oxygen atoms in total. The fourth-order valence-corrected chi connectivity index (χ4v) is 1.44. The largest absolute Gasteiger partial charge is 0.465 e. The van der Waals surface area contributed by atoms with Gasteiger partial charge in [0.15, 0.2) is 0 Å². The lowest BCUT2D eigenvalue weighted by Crippen LogP contribution is -2.05. The Balaban J connectivity index is 3.22. The standard InChI is InChI=1S/C12H10BrNO4/c1-18-12(15)11-8-10(14(16)17)6-5-9(11)4-2-3-7-13/h5-6,8H,3,7H2,1H3. The van der Waals surface area contributed by atoms with E-state index in [0.717, 1.165) is 5.33 Å². The van der Waals surface area contributed by atoms with Crippen LogP contribution in [0.15, 0.2) is 18.2 Å². The van der Waals surface area contributed by atoms with Crippen molar-refractivity contribution < 1.29 is 14.5 Å². The maximum absolute atomic E-state index is 11.5. The van der Waals surface area contributed by atoms with Crippen LogP contribution in [0.3, 0.4) is 0 Å². The van der Waals surface area contributed by atoms with Crippen LogP contribution in [-0.2, 0) is 4.74 Å². The number of esters is 1. The highest BCUT2D eigenvalue weighted by atomic mass is 79.9. The number of nitro groups is 1. The molecule has 1 aromatic rings. The van der Waals surface area contributed by atoms with E-state index in [9.17, 15) is 14.9 Å². The van der Waals surface area contributed by atoms with Gasteiger partial charge in [-0.2, -0.15) is 0 Å². The second kappa shape index (κ2) is 6.77. The summed E-state index contributed by atoms with van der Waals surface area (Å²) in [5.74, 6) is 5.00. The van der Waals surface area contributed by atoms with E-state index in [1.165, 1.54) is 25.3 Å². The molecule has 6 heteroatoms. The third-order valence-corrected chi connectivity index (χ3v) is 2.46. The molecule has 0 bridgehead atoms. The van der Waals surface area contributed by atoms with E-state index in [1.807, 2.05) is 0 Å². The summed E-state index contributed by atoms with van der Waals surface area (Å²) in [6, 6.07) is 3.93. The Kier molecular flexibility index (Phi) is 5.33. The normalized spacial score (nSPS) is 9.22. The Bertz CT molecular complexity index is 531. The molecule has 1 rings (SSSR count). The van der Waals surface area contributed by atoms with E-state index in [0.29, 0.717) is 12.0 Å². The predicted octanol–water partition coefficient (Wildman–Crippen LogP) is 2.52. The number of halogens is 1. The quantitative estimate of drug-likeness (QED) is 0.283. The number of non-ortho nitro benzene ring substituents is 1. The van der Waals surface area contributed by atoms with Gasteiger partial charge in [-0.05, 0) is 6.07 Å². The van der Waals surface area contributed by atoms with Gasteiger partial charge in [-0.25, -0.2) is 4.79 Å². The number of hydrogen-bond acceptors (Lipinski definition) is 4. The zero-order valence-electron chi connectivity index (χ0n) is 9.60. The third kappa shape index (κ3) is 3.57. The van der Waals surface area contributed by atoms with Crippen molar-refractivity contribution >= 4 is 27.6 Å². The summed E-state index contributed by atoms with van der Waals surface area (Å²) in [6.45, 7) is 0. The van der Waals surface area contributed by atoms with Crippen molar-refractivity contribution in [2.24, 2.45) is 0 Å². The van der Waals surface area contributed by atoms with Gasteiger partial charge in [0.2, 0.25) is 0 Å². The van der Waals surface area contributed by atoms with Gasteiger partial charge in [-0.3, -0.25) is 10.1 Å². The van der Waals surface area contributed by atoms with Crippen molar-refractivity contribution in [2.75, 3.05) is 12.4 Å². The zero-order valence-corrected chi connectivity index (χ0v) is 11.2. The highest BCUT2D eigenvalue weighted by Crippen LogP contribution is 2.18. The number of carbonyl (C=O) groups is 1. The topological polar surface area (TPSA) is 69.4 Å². The summed E-state index contributed by atoms with van der Waals surface area (Å²) in [7, 11) is 1.22. The maximum atomic E-state index is 11.5. The Morgan fingerprint density at radius 3 is 2.83 bits per heavy atom. The second-order valence-corrected chi connectivity index (χ2v) is 4.01. The van der Waals surface area contributed by atoms with Crippen LogP contribution in [0.5, 0.6) is 0 Å². The number of methoxy groups -OCH3 is 1. The Hall–Kier alpha value is -1.87. The van der Waals surface area contributed by atoms with E-state index in [1.54, 1.807) is 0 Å². The van der Waals surface area contributed by atoms with Crippen LogP contribution < -0.4 is 0 Å². The van der Waals surface area contributed by atoms with Crippen LogP contribution >= 0.6 is 15.9 Å². The number of benzene rings is 1. The van der Waals surface area contributed by atoms with Gasteiger partial charge in [-0.15, -0.1) is 0 Å². The van der Waals surface area contributed by atoms with Gasteiger partial charge in [0, 0.05) is 29.4 Å². The van der Waals surface area contributed by atoms with E-state index < -0.39 is 10.9 Å². The smallest absolute Gasteiger partial charge is 0.339 e. The highest BCUT2D eigenvalue weighted by Gasteiger charge is 2.16. The second-order valence-electron chi connectivity index (χ2n) is 3.22. The molecule has 0 radical (unpaired) electrons. The molecule has 18 heavy (non-hydrogen) atoms. The molecule has 0 saturated carbocycles. The fraction of sp³-hybridized carbons (Fsp3) is 0.250. The molecule has 0 aliphatic rings. The summed E-state index contributed by atoms with van der Waals surface area (Å²) >= 11 is 3.23. The molecule has 0 aliphatic carbocycles. The number of alkyl halides is 1. The van der Waals surface area contributed by atoms with Crippen LogP contribution in [0.25, 0.3) is 0 Å². The number of ether oxygens (including phenoxy) is 1.